The molecule has 1 heterocycles. The van der Waals surface area contributed by atoms with Crippen LogP contribution in [0, 0.1) is 5.92 Å². The number of nitrogens with zero attached hydrogens (tertiary/aromatic N) is 1. The fourth-order valence-corrected chi connectivity index (χ4v) is 3.41. The SMILES string of the molecule is CCOC(=O)C1CCN(S(=O)(=O)NCC(O)COC)CC1. The molecule has 0 aliphatic carbocycles. The quantitative estimate of drug-likeness (QED) is 0.561. The van der Waals surface area contributed by atoms with Gasteiger partial charge in [-0.15, -0.1) is 0 Å². The Labute approximate surface area is 125 Å². The lowest BCUT2D eigenvalue weighted by molar-refractivity contribution is -0.149. The summed E-state index contributed by atoms with van der Waals surface area (Å²) in [6.45, 7) is 2.56. The van der Waals surface area contributed by atoms with Gasteiger partial charge in [-0.1, -0.05) is 0 Å². The van der Waals surface area contributed by atoms with Crippen LogP contribution < -0.4 is 4.72 Å². The first-order valence-corrected chi connectivity index (χ1v) is 8.43. The number of esters is 1. The van der Waals surface area contributed by atoms with Crippen LogP contribution in [-0.4, -0.2) is 69.9 Å². The third-order valence-electron chi connectivity index (χ3n) is 3.27. The van der Waals surface area contributed by atoms with Gasteiger partial charge in [-0.3, -0.25) is 4.79 Å². The molecule has 0 aromatic heterocycles. The van der Waals surface area contributed by atoms with E-state index in [1.165, 1.54) is 11.4 Å². The van der Waals surface area contributed by atoms with E-state index in [9.17, 15) is 18.3 Å². The summed E-state index contributed by atoms with van der Waals surface area (Å²) in [5.74, 6) is -0.506. The number of aliphatic hydroxyl groups is 1. The van der Waals surface area contributed by atoms with E-state index in [-0.39, 0.29) is 38.1 Å². The fraction of sp³-hybridized carbons (Fsp3) is 0.917. The van der Waals surface area contributed by atoms with Crippen LogP contribution in [0.15, 0.2) is 0 Å². The second-order valence-electron chi connectivity index (χ2n) is 4.89. The number of carbonyl (C=O) groups is 1. The van der Waals surface area contributed by atoms with Crippen molar-refractivity contribution in [3.05, 3.63) is 0 Å². The molecule has 124 valence electrons. The van der Waals surface area contributed by atoms with Crippen molar-refractivity contribution in [2.75, 3.05) is 40.0 Å². The van der Waals surface area contributed by atoms with E-state index in [0.29, 0.717) is 19.4 Å². The van der Waals surface area contributed by atoms with E-state index in [1.54, 1.807) is 6.92 Å². The van der Waals surface area contributed by atoms with Crippen molar-refractivity contribution >= 4 is 16.2 Å². The summed E-state index contributed by atoms with van der Waals surface area (Å²) in [7, 11) is -2.21. The lowest BCUT2D eigenvalue weighted by atomic mass is 9.98. The van der Waals surface area contributed by atoms with Gasteiger partial charge in [0.25, 0.3) is 10.2 Å². The van der Waals surface area contributed by atoms with E-state index in [1.807, 2.05) is 0 Å². The van der Waals surface area contributed by atoms with Gasteiger partial charge >= 0.3 is 5.97 Å². The molecule has 0 aromatic rings. The maximum atomic E-state index is 12.0. The summed E-state index contributed by atoms with van der Waals surface area (Å²) in [5.41, 5.74) is 0. The summed E-state index contributed by atoms with van der Waals surface area (Å²) in [4.78, 5) is 11.6. The largest absolute Gasteiger partial charge is 0.466 e. The lowest BCUT2D eigenvalue weighted by Crippen LogP contribution is -2.48. The molecule has 1 aliphatic rings. The highest BCUT2D eigenvalue weighted by Gasteiger charge is 2.31. The Balaban J connectivity index is 2.43. The van der Waals surface area contributed by atoms with Crippen LogP contribution >= 0.6 is 0 Å². The number of nitrogens with one attached hydrogen (secondary N) is 1. The molecule has 0 aromatic carbocycles. The van der Waals surface area contributed by atoms with Crippen LogP contribution in [0.25, 0.3) is 0 Å². The lowest BCUT2D eigenvalue weighted by Gasteiger charge is -2.30. The number of hydrogen-bond donors (Lipinski definition) is 2. The second-order valence-corrected chi connectivity index (χ2v) is 6.64. The van der Waals surface area contributed by atoms with Gasteiger partial charge in [0.1, 0.15) is 0 Å². The van der Waals surface area contributed by atoms with Gasteiger partial charge in [-0.05, 0) is 19.8 Å². The van der Waals surface area contributed by atoms with Crippen molar-refractivity contribution in [3.63, 3.8) is 0 Å². The van der Waals surface area contributed by atoms with Gasteiger partial charge in [0.05, 0.1) is 25.2 Å². The molecule has 0 bridgehead atoms. The standard InChI is InChI=1S/C12H24N2O6S/c1-3-20-12(16)10-4-6-14(7-5-10)21(17,18)13-8-11(15)9-19-2/h10-11,13,15H,3-9H2,1-2H3. The second kappa shape index (κ2) is 8.64. The monoisotopic (exact) mass is 324 g/mol. The fourth-order valence-electron chi connectivity index (χ4n) is 2.14. The molecule has 1 atom stereocenters. The average molecular weight is 324 g/mol. The number of aliphatic hydroxyl groups excluding tert-OH is 1. The number of rotatable bonds is 8. The molecule has 1 rings (SSSR count). The molecular formula is C12H24N2O6S. The van der Waals surface area contributed by atoms with E-state index >= 15 is 0 Å². The highest BCUT2D eigenvalue weighted by Crippen LogP contribution is 2.20. The molecular weight excluding hydrogens is 300 g/mol. The summed E-state index contributed by atoms with van der Waals surface area (Å²) in [6, 6.07) is 0. The first-order chi connectivity index (χ1) is 9.90. The Bertz CT molecular complexity index is 419. The van der Waals surface area contributed by atoms with Crippen LogP contribution in [-0.2, 0) is 24.5 Å². The molecule has 1 aliphatic heterocycles. The van der Waals surface area contributed by atoms with Crippen LogP contribution in [0.1, 0.15) is 19.8 Å². The predicted molar refractivity (Wildman–Crippen MR) is 75.7 cm³/mol. The summed E-state index contributed by atoms with van der Waals surface area (Å²) in [6.07, 6.45) is 0.00244. The number of ether oxygens (including phenoxy) is 2. The van der Waals surface area contributed by atoms with Gasteiger partial charge in [0.15, 0.2) is 0 Å². The van der Waals surface area contributed by atoms with E-state index in [4.69, 9.17) is 9.47 Å². The van der Waals surface area contributed by atoms with Gasteiger partial charge < -0.3 is 14.6 Å². The first-order valence-electron chi connectivity index (χ1n) is 6.99. The number of hydrogen-bond acceptors (Lipinski definition) is 6. The third kappa shape index (κ3) is 5.87. The minimum atomic E-state index is -3.64. The Morgan fingerprint density at radius 3 is 2.57 bits per heavy atom. The highest BCUT2D eigenvalue weighted by atomic mass is 32.2. The molecule has 1 fully saturated rings. The first kappa shape index (κ1) is 18.3. The normalized spacial score (nSPS) is 19.4. The van der Waals surface area contributed by atoms with Gasteiger partial charge in [-0.2, -0.15) is 17.4 Å². The average Bonchev–Trinajstić information content (AvgIpc) is 2.46. The van der Waals surface area contributed by atoms with Crippen molar-refractivity contribution in [3.8, 4) is 0 Å². The minimum absolute atomic E-state index is 0.0629. The molecule has 1 unspecified atom stereocenters. The van der Waals surface area contributed by atoms with Crippen molar-refractivity contribution in [1.29, 1.82) is 0 Å². The van der Waals surface area contributed by atoms with E-state index in [2.05, 4.69) is 4.72 Å². The third-order valence-corrected chi connectivity index (χ3v) is 4.85. The van der Waals surface area contributed by atoms with Crippen molar-refractivity contribution in [2.24, 2.45) is 5.92 Å². The van der Waals surface area contributed by atoms with Crippen LogP contribution in [0.4, 0.5) is 0 Å². The smallest absolute Gasteiger partial charge is 0.309 e. The zero-order chi connectivity index (χ0) is 15.9. The zero-order valence-electron chi connectivity index (χ0n) is 12.4. The summed E-state index contributed by atoms with van der Waals surface area (Å²) < 4.78 is 37.4. The number of methoxy groups -OCH3 is 1. The van der Waals surface area contributed by atoms with Crippen LogP contribution in [0.2, 0.25) is 0 Å². The molecule has 0 radical (unpaired) electrons. The molecule has 9 heteroatoms. The van der Waals surface area contributed by atoms with Crippen molar-refractivity contribution in [2.45, 2.75) is 25.9 Å². The van der Waals surface area contributed by atoms with Crippen LogP contribution in [0.3, 0.4) is 0 Å². The Hall–Kier alpha value is -0.740. The molecule has 0 spiro atoms. The maximum absolute atomic E-state index is 12.0. The number of carbonyl (C=O) groups excluding carboxylic acids is 1. The van der Waals surface area contributed by atoms with Gasteiger partial charge in [0, 0.05) is 26.7 Å². The zero-order valence-corrected chi connectivity index (χ0v) is 13.3. The molecule has 8 nitrogen and oxygen atoms in total. The Kier molecular flexibility index (Phi) is 7.53. The molecule has 21 heavy (non-hydrogen) atoms. The Morgan fingerprint density at radius 2 is 2.05 bits per heavy atom. The molecule has 0 saturated carbocycles. The highest BCUT2D eigenvalue weighted by molar-refractivity contribution is 7.87. The topological polar surface area (TPSA) is 105 Å². The molecule has 0 amide bonds. The molecule has 2 N–H and O–H groups in total. The molecule has 1 saturated heterocycles. The van der Waals surface area contributed by atoms with Gasteiger partial charge in [0.2, 0.25) is 0 Å². The van der Waals surface area contributed by atoms with E-state index < -0.39 is 16.3 Å². The summed E-state index contributed by atoms with van der Waals surface area (Å²) in [5, 5.41) is 9.45. The number of piperidine rings is 1. The van der Waals surface area contributed by atoms with Crippen molar-refractivity contribution in [1.82, 2.24) is 9.03 Å². The Morgan fingerprint density at radius 1 is 1.43 bits per heavy atom. The van der Waals surface area contributed by atoms with Crippen LogP contribution in [0.5, 0.6) is 0 Å². The maximum Gasteiger partial charge on any atom is 0.309 e. The summed E-state index contributed by atoms with van der Waals surface area (Å²) >= 11 is 0. The minimum Gasteiger partial charge on any atom is -0.466 e. The predicted octanol–water partition coefficient (Wildman–Crippen LogP) is -0.897. The van der Waals surface area contributed by atoms with E-state index in [0.717, 1.165) is 0 Å². The van der Waals surface area contributed by atoms with Crippen molar-refractivity contribution < 1.29 is 27.8 Å². The van der Waals surface area contributed by atoms with Gasteiger partial charge in [-0.25, -0.2) is 0 Å².